The number of ether oxygens (including phenoxy) is 2. The number of nitrogens with zero attached hydrogens (tertiary/aromatic N) is 1. The van der Waals surface area contributed by atoms with Crippen molar-refractivity contribution in [2.24, 2.45) is 23.7 Å². The van der Waals surface area contributed by atoms with E-state index in [1.807, 2.05) is 4.90 Å². The number of methoxy groups -OCH3 is 1. The molecule has 0 aromatic heterocycles. The van der Waals surface area contributed by atoms with Gasteiger partial charge in [0.25, 0.3) is 0 Å². The maximum Gasteiger partial charge on any atom is 0.247 e. The highest BCUT2D eigenvalue weighted by molar-refractivity contribution is 14.1. The maximum atomic E-state index is 13.9. The first-order valence-corrected chi connectivity index (χ1v) is 15.6. The first kappa shape index (κ1) is 29.6. The molecule has 4 N–H and O–H groups in total. The number of nitrogens with one attached hydrogen (secondary N) is 1. The summed E-state index contributed by atoms with van der Waals surface area (Å²) in [5, 5.41) is 33.3. The van der Waals surface area contributed by atoms with Crippen LogP contribution in [0.5, 0.6) is 11.5 Å². The summed E-state index contributed by atoms with van der Waals surface area (Å²) in [5.41, 5.74) is 1.08. The highest BCUT2D eigenvalue weighted by Crippen LogP contribution is 2.50. The number of fused-ring (bicyclic) bond motifs is 2. The summed E-state index contributed by atoms with van der Waals surface area (Å²) >= 11 is 2.10. The maximum absolute atomic E-state index is 13.9. The predicted molar refractivity (Wildman–Crippen MR) is 157 cm³/mol. The number of rotatable bonds is 12. The van der Waals surface area contributed by atoms with Gasteiger partial charge in [0.2, 0.25) is 11.8 Å². The lowest BCUT2D eigenvalue weighted by molar-refractivity contribution is -0.140. The van der Waals surface area contributed by atoms with Gasteiger partial charge >= 0.3 is 0 Å². The molecule has 6 atom stereocenters. The molecule has 0 spiro atoms. The molecule has 2 amide bonds. The monoisotopic (exact) mass is 668 g/mol. The van der Waals surface area contributed by atoms with Crippen LogP contribution >= 0.6 is 22.6 Å². The molecule has 40 heavy (non-hydrogen) atoms. The van der Waals surface area contributed by atoms with Crippen LogP contribution in [0.1, 0.15) is 56.9 Å². The Hall–Kier alpha value is -1.89. The predicted octanol–water partition coefficient (Wildman–Crippen LogP) is 2.77. The van der Waals surface area contributed by atoms with Crippen LogP contribution < -0.4 is 14.8 Å². The molecule has 5 rings (SSSR count). The van der Waals surface area contributed by atoms with Crippen molar-refractivity contribution < 1.29 is 34.4 Å². The first-order chi connectivity index (χ1) is 19.3. The van der Waals surface area contributed by atoms with E-state index in [1.165, 1.54) is 26.4 Å². The zero-order valence-corrected chi connectivity index (χ0v) is 25.2. The Labute approximate surface area is 249 Å². The van der Waals surface area contributed by atoms with Gasteiger partial charge in [-0.2, -0.15) is 0 Å². The molecule has 0 radical (unpaired) electrons. The zero-order chi connectivity index (χ0) is 28.4. The van der Waals surface area contributed by atoms with E-state index in [0.29, 0.717) is 56.9 Å². The summed E-state index contributed by atoms with van der Waals surface area (Å²) in [6.07, 6.45) is 7.32. The molecule has 6 unspecified atom stereocenters. The van der Waals surface area contributed by atoms with E-state index in [-0.39, 0.29) is 38.0 Å². The fourth-order valence-electron chi connectivity index (χ4n) is 6.86. The van der Waals surface area contributed by atoms with Gasteiger partial charge in [-0.25, -0.2) is 0 Å². The van der Waals surface area contributed by atoms with Crippen LogP contribution in [0, 0.1) is 27.2 Å². The van der Waals surface area contributed by atoms with Gasteiger partial charge in [-0.15, -0.1) is 0 Å². The number of hydrogen-bond acceptors (Lipinski definition) is 7. The van der Waals surface area contributed by atoms with Gasteiger partial charge in [-0.3, -0.25) is 9.59 Å². The number of carbonyl (C=O) groups is 2. The van der Waals surface area contributed by atoms with E-state index in [4.69, 9.17) is 9.47 Å². The number of hydrogen-bond donors (Lipinski definition) is 4. The second-order valence-electron chi connectivity index (χ2n) is 11.9. The van der Waals surface area contributed by atoms with E-state index in [9.17, 15) is 24.9 Å². The molecule has 9 nitrogen and oxygen atoms in total. The van der Waals surface area contributed by atoms with Gasteiger partial charge in [-0.1, -0.05) is 6.42 Å². The average molecular weight is 669 g/mol. The topological polar surface area (TPSA) is 129 Å². The number of aliphatic hydroxyl groups is 3. The van der Waals surface area contributed by atoms with Gasteiger partial charge < -0.3 is 35.0 Å². The lowest BCUT2D eigenvalue weighted by Crippen LogP contribution is -2.56. The van der Waals surface area contributed by atoms with Crippen LogP contribution in [0.15, 0.2) is 23.8 Å². The van der Waals surface area contributed by atoms with Crippen LogP contribution in [-0.2, 0) is 16.2 Å². The lowest BCUT2D eigenvalue weighted by atomic mass is 9.84. The molecule has 1 aromatic carbocycles. The van der Waals surface area contributed by atoms with Gasteiger partial charge in [0.1, 0.15) is 12.2 Å². The molecule has 0 aliphatic heterocycles. The summed E-state index contributed by atoms with van der Waals surface area (Å²) in [6.45, 7) is 0.341. The molecular formula is C30H41IN2O7. The van der Waals surface area contributed by atoms with Crippen LogP contribution in [0.2, 0.25) is 0 Å². The summed E-state index contributed by atoms with van der Waals surface area (Å²) in [5.74, 6) is 2.72. The number of aliphatic hydroxyl groups excluding tert-OH is 3. The molecule has 0 saturated heterocycles. The molecular weight excluding hydrogens is 627 g/mol. The SMILES string of the molecule is COc1cc(CO)cc(I)c1OC1C=C(C(=O)NCCO)CC(N(CC2CC2)C(=O)CC2CC3CCC2C3)C1O. The third kappa shape index (κ3) is 6.60. The van der Waals surface area contributed by atoms with E-state index >= 15 is 0 Å². The van der Waals surface area contributed by atoms with Crippen molar-refractivity contribution in [3.05, 3.63) is 32.9 Å². The molecule has 0 heterocycles. The van der Waals surface area contributed by atoms with Crippen molar-refractivity contribution >= 4 is 34.4 Å². The van der Waals surface area contributed by atoms with Crippen molar-refractivity contribution in [1.29, 1.82) is 0 Å². The summed E-state index contributed by atoms with van der Waals surface area (Å²) in [4.78, 5) is 28.8. The van der Waals surface area contributed by atoms with Gasteiger partial charge in [0.15, 0.2) is 11.5 Å². The van der Waals surface area contributed by atoms with Crippen molar-refractivity contribution in [3.63, 3.8) is 0 Å². The largest absolute Gasteiger partial charge is 0.493 e. The molecule has 3 saturated carbocycles. The van der Waals surface area contributed by atoms with Crippen molar-refractivity contribution in [3.8, 4) is 11.5 Å². The van der Waals surface area contributed by atoms with Gasteiger partial charge in [0.05, 0.1) is 29.9 Å². The zero-order valence-electron chi connectivity index (χ0n) is 23.1. The third-order valence-corrected chi connectivity index (χ3v) is 9.94. The van der Waals surface area contributed by atoms with Crippen molar-refractivity contribution in [1.82, 2.24) is 10.2 Å². The summed E-state index contributed by atoms with van der Waals surface area (Å²) < 4.78 is 12.6. The molecule has 220 valence electrons. The van der Waals surface area contributed by atoms with Gasteiger partial charge in [0, 0.05) is 31.5 Å². The molecule has 4 aliphatic carbocycles. The fraction of sp³-hybridized carbons (Fsp3) is 0.667. The minimum Gasteiger partial charge on any atom is -0.493 e. The Morgan fingerprint density at radius 2 is 1.95 bits per heavy atom. The van der Waals surface area contributed by atoms with Crippen molar-refractivity contribution in [2.75, 3.05) is 26.8 Å². The Kier molecular flexibility index (Phi) is 9.59. The number of carbonyl (C=O) groups excluding carboxylic acids is 2. The quantitative estimate of drug-likeness (QED) is 0.253. The van der Waals surface area contributed by atoms with Crippen LogP contribution in [0.25, 0.3) is 0 Å². The Morgan fingerprint density at radius 3 is 2.58 bits per heavy atom. The minimum absolute atomic E-state index is 0.0590. The Morgan fingerprint density at radius 1 is 1.15 bits per heavy atom. The molecule has 4 aliphatic rings. The van der Waals surface area contributed by atoms with Crippen LogP contribution in [0.3, 0.4) is 0 Å². The van der Waals surface area contributed by atoms with Crippen LogP contribution in [0.4, 0.5) is 0 Å². The number of amides is 2. The Balaban J connectivity index is 1.42. The molecule has 2 bridgehead atoms. The fourth-order valence-corrected chi connectivity index (χ4v) is 7.66. The summed E-state index contributed by atoms with van der Waals surface area (Å²) in [6, 6.07) is 2.85. The molecule has 1 aromatic rings. The van der Waals surface area contributed by atoms with Crippen molar-refractivity contribution in [2.45, 2.75) is 76.2 Å². The van der Waals surface area contributed by atoms with E-state index in [1.54, 1.807) is 18.2 Å². The highest BCUT2D eigenvalue weighted by atomic mass is 127. The summed E-state index contributed by atoms with van der Waals surface area (Å²) in [7, 11) is 1.51. The minimum atomic E-state index is -1.06. The van der Waals surface area contributed by atoms with E-state index < -0.39 is 18.2 Å². The third-order valence-electron chi connectivity index (χ3n) is 9.13. The van der Waals surface area contributed by atoms with Crippen LogP contribution in [-0.4, -0.2) is 77.1 Å². The molecule has 10 heteroatoms. The highest BCUT2D eigenvalue weighted by Gasteiger charge is 2.45. The second-order valence-corrected chi connectivity index (χ2v) is 13.1. The second kappa shape index (κ2) is 13.0. The first-order valence-electron chi connectivity index (χ1n) is 14.5. The smallest absolute Gasteiger partial charge is 0.247 e. The average Bonchev–Trinajstić information content (AvgIpc) is 3.54. The van der Waals surface area contributed by atoms with Gasteiger partial charge in [-0.05, 0) is 102 Å². The Bertz CT molecular complexity index is 1120. The normalized spacial score (nSPS) is 29.2. The van der Waals surface area contributed by atoms with E-state index in [2.05, 4.69) is 27.9 Å². The molecule has 3 fully saturated rings. The van der Waals surface area contributed by atoms with E-state index in [0.717, 1.165) is 25.2 Å². The number of halogens is 1. The standard InChI is InChI=1S/C30H41IN2O7/c1-39-26-11-19(16-35)10-23(31)29(26)40-25-13-22(30(38)32-6-7-34)12-24(28(25)37)33(15-17-2-3-17)27(36)14-21-9-18-4-5-20(21)8-18/h10-11,13,17-18,20-21,24-25,28,34-35,37H,2-9,12,14-16H2,1H3,(H,32,38). The lowest BCUT2D eigenvalue weighted by Gasteiger charge is -2.41. The number of benzene rings is 1.